The monoisotopic (exact) mass is 495 g/mol. The van der Waals surface area contributed by atoms with E-state index in [0.29, 0.717) is 23.6 Å². The summed E-state index contributed by atoms with van der Waals surface area (Å²) >= 11 is 0. The molecular weight excluding hydrogens is 467 g/mol. The molecule has 0 amide bonds. The predicted octanol–water partition coefficient (Wildman–Crippen LogP) is 4.79. The van der Waals surface area contributed by atoms with Crippen LogP contribution in [0, 0.1) is 23.0 Å². The molecule has 4 heterocycles. The summed E-state index contributed by atoms with van der Waals surface area (Å²) in [5.74, 6) is -2.32. The van der Waals surface area contributed by atoms with E-state index in [4.69, 9.17) is 4.84 Å². The van der Waals surface area contributed by atoms with E-state index < -0.39 is 17.6 Å². The molecule has 5 rings (SSSR count). The van der Waals surface area contributed by atoms with Gasteiger partial charge in [-0.05, 0) is 61.7 Å². The van der Waals surface area contributed by atoms with Crippen molar-refractivity contribution < 1.29 is 18.0 Å². The first-order chi connectivity index (χ1) is 17.4. The first-order valence-corrected chi connectivity index (χ1v) is 12.1. The summed E-state index contributed by atoms with van der Waals surface area (Å²) in [7, 11) is 0. The van der Waals surface area contributed by atoms with Crippen LogP contribution in [0.3, 0.4) is 0 Å². The number of hydrogen-bond donors (Lipinski definition) is 0. The van der Waals surface area contributed by atoms with Crippen LogP contribution in [0.15, 0.2) is 60.0 Å². The Morgan fingerprint density at radius 2 is 1.86 bits per heavy atom. The summed E-state index contributed by atoms with van der Waals surface area (Å²) in [6.45, 7) is 6.80. The molecule has 36 heavy (non-hydrogen) atoms. The summed E-state index contributed by atoms with van der Waals surface area (Å²) in [5, 5.41) is 4.09. The van der Waals surface area contributed by atoms with Crippen LogP contribution in [0.5, 0.6) is 0 Å². The van der Waals surface area contributed by atoms with Gasteiger partial charge in [-0.2, -0.15) is 4.39 Å². The summed E-state index contributed by atoms with van der Waals surface area (Å²) in [6, 6.07) is 10.6. The van der Waals surface area contributed by atoms with E-state index in [-0.39, 0.29) is 5.41 Å². The normalized spacial score (nSPS) is 17.8. The third kappa shape index (κ3) is 5.21. The number of aromatic nitrogens is 2. The molecule has 0 aliphatic carbocycles. The van der Waals surface area contributed by atoms with E-state index in [0.717, 1.165) is 62.5 Å². The minimum absolute atomic E-state index is 0.240. The van der Waals surface area contributed by atoms with Gasteiger partial charge >= 0.3 is 0 Å². The highest BCUT2D eigenvalue weighted by Gasteiger charge is 2.45. The molecule has 2 fully saturated rings. The Bertz CT molecular complexity index is 1230. The van der Waals surface area contributed by atoms with Crippen molar-refractivity contribution in [1.82, 2.24) is 14.9 Å². The standard InChI is InChI=1S/C27H28F3N5O/c1-2-36-33-26(20-5-7-22(28)23(29)12-20)24-8-4-19(13-31-24)15-34-16-27(17-34)10-3-11-35(18-27)21-6-9-25(30)32-14-21/h4-9,12-14H,2-3,10-11,15-18H2,1H3. The maximum absolute atomic E-state index is 13.8. The lowest BCUT2D eigenvalue weighted by Crippen LogP contribution is -2.62. The molecule has 3 aromatic rings. The van der Waals surface area contributed by atoms with Crippen molar-refractivity contribution in [1.29, 1.82) is 0 Å². The molecule has 1 aromatic carbocycles. The minimum atomic E-state index is -0.947. The van der Waals surface area contributed by atoms with Gasteiger partial charge in [0, 0.05) is 49.9 Å². The van der Waals surface area contributed by atoms with Gasteiger partial charge in [0.25, 0.3) is 0 Å². The molecule has 0 bridgehead atoms. The van der Waals surface area contributed by atoms with Crippen LogP contribution in [0.25, 0.3) is 0 Å². The van der Waals surface area contributed by atoms with Gasteiger partial charge in [0.2, 0.25) is 5.95 Å². The first kappa shape index (κ1) is 24.2. The third-order valence-electron chi connectivity index (χ3n) is 6.81. The number of benzene rings is 1. The van der Waals surface area contributed by atoms with Gasteiger partial charge in [0.05, 0.1) is 17.6 Å². The third-order valence-corrected chi connectivity index (χ3v) is 6.81. The van der Waals surface area contributed by atoms with E-state index in [1.54, 1.807) is 25.4 Å². The average Bonchev–Trinajstić information content (AvgIpc) is 2.87. The van der Waals surface area contributed by atoms with Crippen molar-refractivity contribution in [3.8, 4) is 0 Å². The fraction of sp³-hybridized carbons (Fsp3) is 0.370. The SMILES string of the molecule is CCON=C(c1ccc(F)c(F)c1)c1ccc(CN2CC3(CCCN(c4ccc(F)nc4)C3)C2)cn1. The largest absolute Gasteiger partial charge is 0.396 e. The maximum atomic E-state index is 13.8. The van der Waals surface area contributed by atoms with Crippen molar-refractivity contribution >= 4 is 11.4 Å². The lowest BCUT2D eigenvalue weighted by atomic mass is 9.73. The molecule has 2 aliphatic rings. The van der Waals surface area contributed by atoms with Gasteiger partial charge in [0.15, 0.2) is 11.6 Å². The van der Waals surface area contributed by atoms with Gasteiger partial charge in [0.1, 0.15) is 12.3 Å². The van der Waals surface area contributed by atoms with Gasteiger partial charge in [-0.25, -0.2) is 13.8 Å². The Hall–Kier alpha value is -3.46. The molecule has 0 N–H and O–H groups in total. The van der Waals surface area contributed by atoms with Crippen molar-refractivity contribution in [3.63, 3.8) is 0 Å². The van der Waals surface area contributed by atoms with E-state index in [1.165, 1.54) is 18.6 Å². The van der Waals surface area contributed by atoms with Crippen LogP contribution in [0.2, 0.25) is 0 Å². The second kappa shape index (κ2) is 10.3. The molecular formula is C27H28F3N5O. The number of nitrogens with zero attached hydrogens (tertiary/aromatic N) is 5. The van der Waals surface area contributed by atoms with Crippen molar-refractivity contribution in [2.75, 3.05) is 37.7 Å². The highest BCUT2D eigenvalue weighted by Crippen LogP contribution is 2.40. The summed E-state index contributed by atoms with van der Waals surface area (Å²) in [5.41, 5.74) is 3.54. The molecule has 0 radical (unpaired) electrons. The Balaban J connectivity index is 1.22. The number of rotatable bonds is 7. The maximum Gasteiger partial charge on any atom is 0.212 e. The Kier molecular flexibility index (Phi) is 6.91. The van der Waals surface area contributed by atoms with Crippen molar-refractivity contribution in [2.45, 2.75) is 26.3 Å². The van der Waals surface area contributed by atoms with Crippen LogP contribution in [-0.4, -0.2) is 53.4 Å². The molecule has 2 aromatic heterocycles. The number of pyridine rings is 2. The molecule has 0 atom stereocenters. The Morgan fingerprint density at radius 3 is 2.56 bits per heavy atom. The fourth-order valence-corrected chi connectivity index (χ4v) is 5.19. The zero-order valence-corrected chi connectivity index (χ0v) is 20.1. The molecule has 6 nitrogen and oxygen atoms in total. The number of likely N-dealkylation sites (tertiary alicyclic amines) is 1. The van der Waals surface area contributed by atoms with Crippen molar-refractivity contribution in [2.24, 2.45) is 10.6 Å². The number of anilines is 1. The second-order valence-electron chi connectivity index (χ2n) is 9.55. The molecule has 0 saturated carbocycles. The number of piperidine rings is 1. The lowest BCUT2D eigenvalue weighted by molar-refractivity contribution is -0.0159. The van der Waals surface area contributed by atoms with E-state index in [9.17, 15) is 13.2 Å². The topological polar surface area (TPSA) is 53.9 Å². The zero-order valence-electron chi connectivity index (χ0n) is 20.1. The number of hydrogen-bond acceptors (Lipinski definition) is 6. The summed E-state index contributed by atoms with van der Waals surface area (Å²) in [6.07, 6.45) is 5.69. The minimum Gasteiger partial charge on any atom is -0.396 e. The van der Waals surface area contributed by atoms with Gasteiger partial charge in [-0.3, -0.25) is 9.88 Å². The van der Waals surface area contributed by atoms with Gasteiger partial charge in [-0.15, -0.1) is 0 Å². The Labute approximate surface area is 208 Å². The van der Waals surface area contributed by atoms with Crippen LogP contribution < -0.4 is 4.90 Å². The number of halogens is 3. The van der Waals surface area contributed by atoms with E-state index in [1.807, 2.05) is 12.1 Å². The summed E-state index contributed by atoms with van der Waals surface area (Å²) < 4.78 is 40.4. The fourth-order valence-electron chi connectivity index (χ4n) is 5.19. The average molecular weight is 496 g/mol. The number of oxime groups is 1. The molecule has 2 aliphatic heterocycles. The first-order valence-electron chi connectivity index (χ1n) is 12.1. The highest BCUT2D eigenvalue weighted by molar-refractivity contribution is 6.11. The van der Waals surface area contributed by atoms with Gasteiger partial charge < -0.3 is 9.74 Å². The lowest BCUT2D eigenvalue weighted by Gasteiger charge is -2.55. The molecule has 2 saturated heterocycles. The molecule has 0 unspecified atom stereocenters. The summed E-state index contributed by atoms with van der Waals surface area (Å²) in [4.78, 5) is 18.2. The highest BCUT2D eigenvalue weighted by atomic mass is 19.2. The zero-order chi connectivity index (χ0) is 25.1. The van der Waals surface area contributed by atoms with Crippen LogP contribution in [0.1, 0.15) is 36.6 Å². The van der Waals surface area contributed by atoms with E-state index >= 15 is 0 Å². The molecule has 9 heteroatoms. The van der Waals surface area contributed by atoms with Crippen LogP contribution in [-0.2, 0) is 11.4 Å². The van der Waals surface area contributed by atoms with Gasteiger partial charge in [-0.1, -0.05) is 11.2 Å². The quantitative estimate of drug-likeness (QED) is 0.268. The second-order valence-corrected chi connectivity index (χ2v) is 9.55. The Morgan fingerprint density at radius 1 is 1.00 bits per heavy atom. The van der Waals surface area contributed by atoms with Crippen LogP contribution in [0.4, 0.5) is 18.9 Å². The molecule has 1 spiro atoms. The van der Waals surface area contributed by atoms with E-state index in [2.05, 4.69) is 24.9 Å². The predicted molar refractivity (Wildman–Crippen MR) is 131 cm³/mol. The smallest absolute Gasteiger partial charge is 0.212 e. The molecule has 188 valence electrons. The van der Waals surface area contributed by atoms with Crippen molar-refractivity contribution in [3.05, 3.63) is 89.3 Å². The van der Waals surface area contributed by atoms with Crippen LogP contribution >= 0.6 is 0 Å².